The van der Waals surface area contributed by atoms with Crippen LogP contribution in [-0.4, -0.2) is 25.4 Å². The third-order valence-electron chi connectivity index (χ3n) is 3.16. The molecule has 1 aliphatic rings. The molecule has 1 aliphatic heterocycles. The number of piperidine rings is 1. The highest BCUT2D eigenvalue weighted by atomic mass is 19.4. The molecule has 7 heteroatoms. The monoisotopic (exact) mass is 295 g/mol. The summed E-state index contributed by atoms with van der Waals surface area (Å²) in [4.78, 5) is 0. The summed E-state index contributed by atoms with van der Waals surface area (Å²) in [7, 11) is 0. The van der Waals surface area contributed by atoms with Gasteiger partial charge in [-0.1, -0.05) is 0 Å². The Morgan fingerprint density at radius 2 is 1.50 bits per heavy atom. The lowest BCUT2D eigenvalue weighted by Crippen LogP contribution is -2.34. The van der Waals surface area contributed by atoms with Crippen LogP contribution >= 0.6 is 0 Å². The maximum atomic E-state index is 13.1. The molecule has 1 aromatic rings. The summed E-state index contributed by atoms with van der Waals surface area (Å²) in [5, 5.41) is 3.14. The molecular formula is C13H14F5NO. The van der Waals surface area contributed by atoms with Crippen LogP contribution in [0.5, 0.6) is 5.75 Å². The lowest BCUT2D eigenvalue weighted by atomic mass is 10.1. The second-order valence-corrected chi connectivity index (χ2v) is 4.66. The van der Waals surface area contributed by atoms with E-state index in [1.165, 1.54) is 0 Å². The summed E-state index contributed by atoms with van der Waals surface area (Å²) in [6, 6.07) is 3.81. The Morgan fingerprint density at radius 1 is 0.950 bits per heavy atom. The van der Waals surface area contributed by atoms with Gasteiger partial charge in [0.2, 0.25) is 0 Å². The largest absolute Gasteiger partial charge is 0.490 e. The van der Waals surface area contributed by atoms with Gasteiger partial charge in [-0.3, -0.25) is 0 Å². The van der Waals surface area contributed by atoms with Crippen molar-refractivity contribution in [1.82, 2.24) is 5.32 Å². The molecule has 1 fully saturated rings. The van der Waals surface area contributed by atoms with Crippen LogP contribution in [0.15, 0.2) is 24.3 Å². The number of alkyl halides is 5. The maximum absolute atomic E-state index is 13.1. The van der Waals surface area contributed by atoms with Gasteiger partial charge in [-0.25, -0.2) is 0 Å². The van der Waals surface area contributed by atoms with Gasteiger partial charge in [0.1, 0.15) is 11.9 Å². The van der Waals surface area contributed by atoms with Crippen LogP contribution < -0.4 is 10.1 Å². The molecule has 1 N–H and O–H groups in total. The molecule has 0 aliphatic carbocycles. The number of nitrogens with one attached hydrogen (secondary N) is 1. The van der Waals surface area contributed by atoms with Gasteiger partial charge in [0, 0.05) is 5.56 Å². The van der Waals surface area contributed by atoms with Crippen LogP contribution in [0.1, 0.15) is 18.4 Å². The highest BCUT2D eigenvalue weighted by molar-refractivity contribution is 5.30. The van der Waals surface area contributed by atoms with Gasteiger partial charge in [-0.2, -0.15) is 22.0 Å². The van der Waals surface area contributed by atoms with E-state index in [0.29, 0.717) is 5.75 Å². The molecule has 2 nitrogen and oxygen atoms in total. The van der Waals surface area contributed by atoms with E-state index < -0.39 is 17.7 Å². The summed E-state index contributed by atoms with van der Waals surface area (Å²) < 4.78 is 68.3. The Kier molecular flexibility index (Phi) is 4.17. The number of benzene rings is 1. The first-order valence-electron chi connectivity index (χ1n) is 6.23. The van der Waals surface area contributed by atoms with Gasteiger partial charge in [0.25, 0.3) is 0 Å². The van der Waals surface area contributed by atoms with E-state index in [2.05, 4.69) is 5.32 Å². The summed E-state index contributed by atoms with van der Waals surface area (Å²) in [5.41, 5.74) is -1.08. The molecule has 1 aromatic carbocycles. The molecule has 0 unspecified atom stereocenters. The molecule has 0 spiro atoms. The minimum absolute atomic E-state index is 0.0368. The Balaban J connectivity index is 2.06. The first kappa shape index (κ1) is 15.0. The molecule has 1 saturated heterocycles. The predicted octanol–water partition coefficient (Wildman–Crippen LogP) is 3.47. The van der Waals surface area contributed by atoms with E-state index in [4.69, 9.17) is 4.74 Å². The van der Waals surface area contributed by atoms with Crippen LogP contribution in [-0.2, 0) is 5.92 Å². The van der Waals surface area contributed by atoms with Crippen molar-refractivity contribution >= 4 is 0 Å². The number of hydrogen-bond donors (Lipinski definition) is 1. The van der Waals surface area contributed by atoms with Crippen molar-refractivity contribution in [3.63, 3.8) is 0 Å². The van der Waals surface area contributed by atoms with E-state index in [-0.39, 0.29) is 6.10 Å². The highest BCUT2D eigenvalue weighted by Crippen LogP contribution is 2.44. The molecule has 0 atom stereocenters. The van der Waals surface area contributed by atoms with Crippen LogP contribution in [0.25, 0.3) is 0 Å². The first-order valence-corrected chi connectivity index (χ1v) is 6.23. The fourth-order valence-corrected chi connectivity index (χ4v) is 2.01. The molecule has 20 heavy (non-hydrogen) atoms. The van der Waals surface area contributed by atoms with Crippen LogP contribution in [0, 0.1) is 0 Å². The number of ether oxygens (including phenoxy) is 1. The molecule has 0 saturated carbocycles. The van der Waals surface area contributed by atoms with E-state index in [1.54, 1.807) is 0 Å². The van der Waals surface area contributed by atoms with Crippen molar-refractivity contribution in [3.05, 3.63) is 29.8 Å². The zero-order chi connectivity index (χ0) is 14.8. The second-order valence-electron chi connectivity index (χ2n) is 4.66. The van der Waals surface area contributed by atoms with Crippen LogP contribution in [0.2, 0.25) is 0 Å². The standard InChI is InChI=1S/C13H14F5NO/c14-12(15,13(16,17)18)9-1-3-10(4-2-9)20-11-5-7-19-8-6-11/h1-4,11,19H,5-8H2. The Labute approximate surface area is 112 Å². The van der Waals surface area contributed by atoms with Crippen molar-refractivity contribution in [1.29, 1.82) is 0 Å². The predicted molar refractivity (Wildman–Crippen MR) is 62.9 cm³/mol. The van der Waals surface area contributed by atoms with Crippen molar-refractivity contribution in [2.75, 3.05) is 13.1 Å². The first-order chi connectivity index (χ1) is 9.30. The van der Waals surface area contributed by atoms with Gasteiger partial charge >= 0.3 is 12.1 Å². The van der Waals surface area contributed by atoms with Gasteiger partial charge in [-0.15, -0.1) is 0 Å². The fourth-order valence-electron chi connectivity index (χ4n) is 2.01. The van der Waals surface area contributed by atoms with Crippen molar-refractivity contribution in [2.45, 2.75) is 31.0 Å². The minimum atomic E-state index is -5.59. The zero-order valence-electron chi connectivity index (χ0n) is 10.5. The molecule has 0 radical (unpaired) electrons. The van der Waals surface area contributed by atoms with Crippen molar-refractivity contribution < 1.29 is 26.7 Å². The second kappa shape index (κ2) is 5.55. The average molecular weight is 295 g/mol. The summed E-state index contributed by atoms with van der Waals surface area (Å²) in [6.45, 7) is 1.60. The lowest BCUT2D eigenvalue weighted by molar-refractivity contribution is -0.289. The maximum Gasteiger partial charge on any atom is 0.458 e. The van der Waals surface area contributed by atoms with E-state index >= 15 is 0 Å². The quantitative estimate of drug-likeness (QED) is 0.862. The van der Waals surface area contributed by atoms with Crippen LogP contribution in [0.3, 0.4) is 0 Å². The summed E-state index contributed by atoms with van der Waals surface area (Å²) >= 11 is 0. The molecule has 0 bridgehead atoms. The Morgan fingerprint density at radius 3 is 2.00 bits per heavy atom. The third kappa shape index (κ3) is 3.20. The molecule has 1 heterocycles. The van der Waals surface area contributed by atoms with Crippen molar-refractivity contribution in [3.8, 4) is 5.75 Å². The van der Waals surface area contributed by atoms with Gasteiger partial charge in [-0.05, 0) is 50.2 Å². The molecule has 0 amide bonds. The summed E-state index contributed by atoms with van der Waals surface area (Å²) in [5.74, 6) is -4.54. The third-order valence-corrected chi connectivity index (χ3v) is 3.16. The molecule has 112 valence electrons. The average Bonchev–Trinajstić information content (AvgIpc) is 2.39. The molecule has 2 rings (SSSR count). The SMILES string of the molecule is FC(F)(F)C(F)(F)c1ccc(OC2CCNCC2)cc1. The van der Waals surface area contributed by atoms with Crippen LogP contribution in [0.4, 0.5) is 22.0 Å². The normalized spacial score (nSPS) is 18.1. The van der Waals surface area contributed by atoms with Crippen molar-refractivity contribution in [2.24, 2.45) is 0 Å². The Hall–Kier alpha value is -1.37. The number of rotatable bonds is 3. The van der Waals surface area contributed by atoms with E-state index in [9.17, 15) is 22.0 Å². The Bertz CT molecular complexity index is 437. The van der Waals surface area contributed by atoms with Gasteiger partial charge in [0.05, 0.1) is 0 Å². The number of halogens is 5. The molecule has 0 aromatic heterocycles. The van der Waals surface area contributed by atoms with Gasteiger partial charge in [0.15, 0.2) is 0 Å². The zero-order valence-corrected chi connectivity index (χ0v) is 10.5. The smallest absolute Gasteiger partial charge is 0.458 e. The fraction of sp³-hybridized carbons (Fsp3) is 0.538. The summed E-state index contributed by atoms with van der Waals surface area (Å²) in [6.07, 6.45) is -4.07. The minimum Gasteiger partial charge on any atom is -0.490 e. The highest BCUT2D eigenvalue weighted by Gasteiger charge is 2.58. The van der Waals surface area contributed by atoms with E-state index in [1.807, 2.05) is 0 Å². The topological polar surface area (TPSA) is 21.3 Å². The van der Waals surface area contributed by atoms with Gasteiger partial charge < -0.3 is 10.1 Å². The number of hydrogen-bond acceptors (Lipinski definition) is 2. The lowest BCUT2D eigenvalue weighted by Gasteiger charge is -2.24. The van der Waals surface area contributed by atoms with E-state index in [0.717, 1.165) is 50.2 Å². The molecular weight excluding hydrogens is 281 g/mol.